The first-order valence-corrected chi connectivity index (χ1v) is 10.4. The normalized spacial score (nSPS) is 11.8. The predicted octanol–water partition coefficient (Wildman–Crippen LogP) is 4.40. The number of aliphatic hydroxyl groups excluding tert-OH is 1. The number of hydrogen-bond donors (Lipinski definition) is 5. The van der Waals surface area contributed by atoms with Gasteiger partial charge in [-0.25, -0.2) is 9.37 Å². The smallest absolute Gasteiger partial charge is 0.255 e. The van der Waals surface area contributed by atoms with E-state index in [1.165, 1.54) is 18.2 Å². The third kappa shape index (κ3) is 5.27. The number of carbonyl (C=O) groups is 1. The summed E-state index contributed by atoms with van der Waals surface area (Å²) in [5.74, 6) is -0.487. The Kier molecular flexibility index (Phi) is 7.50. The van der Waals surface area contributed by atoms with Crippen LogP contribution in [0.3, 0.4) is 0 Å². The standard InChI is InChI=1S/C23H24ClFN4O3/c1-2-15(12-30)28-23(32)17-5-7-20(29-22(17)26)18-10-16(4-8-21(18)31)27-19-6-3-14(24)9-13(19)11-25/h3-10,15,27,30-31H,2,11-12H2,1H3,(H2,26,29)(H,28,32)/t15-/m1/s1. The number of phenols is 1. The minimum atomic E-state index is -0.690. The van der Waals surface area contributed by atoms with Crippen molar-refractivity contribution < 1.29 is 19.4 Å². The minimum absolute atomic E-state index is 0.0111. The van der Waals surface area contributed by atoms with Crippen LogP contribution in [0.2, 0.25) is 5.02 Å². The molecular weight excluding hydrogens is 435 g/mol. The molecule has 3 rings (SSSR count). The number of phenolic OH excluding ortho intramolecular Hbond substituents is 1. The molecule has 1 amide bonds. The van der Waals surface area contributed by atoms with E-state index < -0.39 is 12.6 Å². The second-order valence-corrected chi connectivity index (χ2v) is 7.62. The number of carbonyl (C=O) groups excluding carboxylic acids is 1. The third-order valence-corrected chi connectivity index (χ3v) is 5.22. The highest BCUT2D eigenvalue weighted by atomic mass is 35.5. The van der Waals surface area contributed by atoms with Crippen LogP contribution in [0, 0.1) is 0 Å². The van der Waals surface area contributed by atoms with Crippen molar-refractivity contribution in [1.82, 2.24) is 10.3 Å². The van der Waals surface area contributed by atoms with Gasteiger partial charge in [-0.2, -0.15) is 0 Å². The van der Waals surface area contributed by atoms with Crippen LogP contribution in [0.4, 0.5) is 21.6 Å². The van der Waals surface area contributed by atoms with Crippen molar-refractivity contribution in [1.29, 1.82) is 0 Å². The Hall–Kier alpha value is -3.36. The molecule has 2 aromatic carbocycles. The highest BCUT2D eigenvalue weighted by molar-refractivity contribution is 6.30. The Morgan fingerprint density at radius 3 is 2.66 bits per heavy atom. The van der Waals surface area contributed by atoms with E-state index in [1.807, 2.05) is 6.92 Å². The first-order valence-electron chi connectivity index (χ1n) is 9.99. The Morgan fingerprint density at radius 2 is 2.00 bits per heavy atom. The highest BCUT2D eigenvalue weighted by Gasteiger charge is 2.17. The zero-order valence-corrected chi connectivity index (χ0v) is 18.2. The van der Waals surface area contributed by atoms with Crippen molar-refractivity contribution in [2.24, 2.45) is 0 Å². The van der Waals surface area contributed by atoms with Gasteiger partial charge in [0.1, 0.15) is 18.2 Å². The van der Waals surface area contributed by atoms with E-state index in [2.05, 4.69) is 15.6 Å². The zero-order chi connectivity index (χ0) is 23.3. The molecule has 32 heavy (non-hydrogen) atoms. The van der Waals surface area contributed by atoms with Crippen LogP contribution >= 0.6 is 11.6 Å². The lowest BCUT2D eigenvalue weighted by atomic mass is 10.1. The molecule has 0 aliphatic rings. The summed E-state index contributed by atoms with van der Waals surface area (Å²) < 4.78 is 13.3. The lowest BCUT2D eigenvalue weighted by Gasteiger charge is -2.15. The van der Waals surface area contributed by atoms with Crippen molar-refractivity contribution in [2.75, 3.05) is 17.7 Å². The summed E-state index contributed by atoms with van der Waals surface area (Å²) in [5.41, 5.74) is 8.44. The van der Waals surface area contributed by atoms with Crippen molar-refractivity contribution in [2.45, 2.75) is 26.1 Å². The van der Waals surface area contributed by atoms with Crippen molar-refractivity contribution in [3.05, 3.63) is 64.7 Å². The monoisotopic (exact) mass is 458 g/mol. The summed E-state index contributed by atoms with van der Waals surface area (Å²) in [7, 11) is 0. The van der Waals surface area contributed by atoms with E-state index in [9.17, 15) is 19.4 Å². The molecule has 0 aliphatic heterocycles. The Balaban J connectivity index is 1.88. The van der Waals surface area contributed by atoms with Gasteiger partial charge >= 0.3 is 0 Å². The summed E-state index contributed by atoms with van der Waals surface area (Å²) in [6, 6.07) is 12.3. The number of halogens is 2. The van der Waals surface area contributed by atoms with Crippen LogP contribution in [0.25, 0.3) is 11.3 Å². The molecule has 1 atom stereocenters. The maximum absolute atomic E-state index is 13.3. The fourth-order valence-electron chi connectivity index (χ4n) is 3.13. The van der Waals surface area contributed by atoms with Crippen molar-refractivity contribution >= 4 is 34.7 Å². The molecule has 168 valence electrons. The maximum Gasteiger partial charge on any atom is 0.255 e. The number of pyridine rings is 1. The van der Waals surface area contributed by atoms with Crippen LogP contribution in [-0.4, -0.2) is 33.8 Å². The lowest BCUT2D eigenvalue weighted by Crippen LogP contribution is -2.37. The van der Waals surface area contributed by atoms with E-state index in [0.29, 0.717) is 39.6 Å². The molecule has 0 radical (unpaired) electrons. The van der Waals surface area contributed by atoms with Gasteiger partial charge in [-0.15, -0.1) is 0 Å². The number of anilines is 3. The molecule has 0 spiro atoms. The number of nitrogen functional groups attached to an aromatic ring is 1. The number of aliphatic hydroxyl groups is 1. The van der Waals surface area contributed by atoms with Crippen LogP contribution in [0.15, 0.2) is 48.5 Å². The van der Waals surface area contributed by atoms with E-state index in [0.717, 1.165) is 0 Å². The molecule has 3 aromatic rings. The summed E-state index contributed by atoms with van der Waals surface area (Å²) in [6.45, 7) is 0.972. The van der Waals surface area contributed by atoms with E-state index in [4.69, 9.17) is 17.3 Å². The summed E-state index contributed by atoms with van der Waals surface area (Å²) in [5, 5.41) is 25.9. The third-order valence-electron chi connectivity index (χ3n) is 4.98. The minimum Gasteiger partial charge on any atom is -0.507 e. The molecule has 9 heteroatoms. The van der Waals surface area contributed by atoms with Gasteiger partial charge in [-0.1, -0.05) is 18.5 Å². The van der Waals surface area contributed by atoms with Crippen LogP contribution in [0.5, 0.6) is 5.75 Å². The first kappa shape index (κ1) is 23.3. The van der Waals surface area contributed by atoms with Gasteiger partial charge in [0.15, 0.2) is 0 Å². The highest BCUT2D eigenvalue weighted by Crippen LogP contribution is 2.33. The molecule has 0 bridgehead atoms. The Morgan fingerprint density at radius 1 is 1.22 bits per heavy atom. The average molecular weight is 459 g/mol. The Bertz CT molecular complexity index is 1120. The number of aromatic hydroxyl groups is 1. The van der Waals surface area contributed by atoms with E-state index >= 15 is 0 Å². The first-order chi connectivity index (χ1) is 15.4. The molecule has 0 fully saturated rings. The fraction of sp³-hybridized carbons (Fsp3) is 0.217. The number of benzene rings is 2. The number of hydrogen-bond acceptors (Lipinski definition) is 6. The van der Waals surface area contributed by atoms with E-state index in [-0.39, 0.29) is 29.8 Å². The van der Waals surface area contributed by atoms with Crippen molar-refractivity contribution in [3.8, 4) is 17.0 Å². The largest absolute Gasteiger partial charge is 0.507 e. The van der Waals surface area contributed by atoms with Gasteiger partial charge < -0.3 is 26.6 Å². The number of nitrogens with zero attached hydrogens (tertiary/aromatic N) is 1. The quantitative estimate of drug-likeness (QED) is 0.319. The van der Waals surface area contributed by atoms with Gasteiger partial charge in [0.2, 0.25) is 0 Å². The average Bonchev–Trinajstić information content (AvgIpc) is 2.79. The SMILES string of the molecule is CC[C@H](CO)NC(=O)c1ccc(-c2cc(Nc3ccc(Cl)cc3CF)ccc2O)nc1N. The summed E-state index contributed by atoms with van der Waals surface area (Å²) in [6.07, 6.45) is 0.569. The molecule has 6 N–H and O–H groups in total. The van der Waals surface area contributed by atoms with Crippen LogP contribution < -0.4 is 16.4 Å². The molecule has 0 unspecified atom stereocenters. The molecular formula is C23H24ClFN4O3. The van der Waals surface area contributed by atoms with Crippen LogP contribution in [-0.2, 0) is 6.67 Å². The maximum atomic E-state index is 13.3. The van der Waals surface area contributed by atoms with Gasteiger partial charge in [0.05, 0.1) is 23.9 Å². The van der Waals surface area contributed by atoms with E-state index in [1.54, 1.807) is 30.3 Å². The van der Waals surface area contributed by atoms with Gasteiger partial charge in [-0.3, -0.25) is 4.79 Å². The molecule has 1 heterocycles. The fourth-order valence-corrected chi connectivity index (χ4v) is 3.32. The molecule has 0 aliphatic carbocycles. The number of rotatable bonds is 8. The Labute approximate surface area is 190 Å². The van der Waals surface area contributed by atoms with Crippen molar-refractivity contribution in [3.63, 3.8) is 0 Å². The number of alkyl halides is 1. The topological polar surface area (TPSA) is 120 Å². The second-order valence-electron chi connectivity index (χ2n) is 7.18. The number of aromatic nitrogens is 1. The lowest BCUT2D eigenvalue weighted by molar-refractivity contribution is 0.0915. The second kappa shape index (κ2) is 10.3. The molecule has 0 saturated heterocycles. The molecule has 0 saturated carbocycles. The molecule has 7 nitrogen and oxygen atoms in total. The number of nitrogens with two attached hydrogens (primary N) is 1. The number of nitrogens with one attached hydrogen (secondary N) is 2. The van der Waals surface area contributed by atoms with Crippen LogP contribution in [0.1, 0.15) is 29.3 Å². The summed E-state index contributed by atoms with van der Waals surface area (Å²) in [4.78, 5) is 16.7. The summed E-state index contributed by atoms with van der Waals surface area (Å²) >= 11 is 5.93. The van der Waals surface area contributed by atoms with Gasteiger partial charge in [-0.05, 0) is 55.0 Å². The van der Waals surface area contributed by atoms with Gasteiger partial charge in [0.25, 0.3) is 5.91 Å². The number of amides is 1. The predicted molar refractivity (Wildman–Crippen MR) is 124 cm³/mol. The zero-order valence-electron chi connectivity index (χ0n) is 17.4. The molecule has 1 aromatic heterocycles. The van der Waals surface area contributed by atoms with Gasteiger partial charge in [0, 0.05) is 27.5 Å².